The van der Waals surface area contributed by atoms with E-state index < -0.39 is 5.41 Å². The third-order valence-corrected chi connectivity index (χ3v) is 3.19. The van der Waals surface area contributed by atoms with Gasteiger partial charge in [0.15, 0.2) is 0 Å². The zero-order valence-electron chi connectivity index (χ0n) is 9.66. The van der Waals surface area contributed by atoms with Crippen LogP contribution in [0.4, 0.5) is 0 Å². The van der Waals surface area contributed by atoms with Gasteiger partial charge < -0.3 is 10.6 Å². The maximum absolute atomic E-state index is 11.2. The van der Waals surface area contributed by atoms with Crippen molar-refractivity contribution in [2.75, 3.05) is 19.6 Å². The molecule has 2 amide bonds. The van der Waals surface area contributed by atoms with E-state index in [1.807, 2.05) is 6.92 Å². The van der Waals surface area contributed by atoms with Crippen molar-refractivity contribution in [1.29, 1.82) is 0 Å². The molecule has 0 saturated carbocycles. The maximum Gasteiger partial charge on any atom is 0.233 e. The molecule has 1 fully saturated rings. The lowest BCUT2D eigenvalue weighted by Crippen LogP contribution is -2.37. The molecule has 1 saturated heterocycles. The van der Waals surface area contributed by atoms with Crippen LogP contribution in [0.25, 0.3) is 0 Å². The third kappa shape index (κ3) is 3.18. The normalized spacial score (nSPS) is 25.6. The number of hydrogen-bond acceptors (Lipinski definition) is 4. The number of nitrogens with zero attached hydrogens (tertiary/aromatic N) is 1. The summed E-state index contributed by atoms with van der Waals surface area (Å²) in [7, 11) is 0. The highest BCUT2D eigenvalue weighted by Gasteiger charge is 2.38. The average Bonchev–Trinajstić information content (AvgIpc) is 2.61. The summed E-state index contributed by atoms with van der Waals surface area (Å²) >= 11 is 0. The Morgan fingerprint density at radius 3 is 2.69 bits per heavy atom. The van der Waals surface area contributed by atoms with Gasteiger partial charge in [0.05, 0.1) is 5.41 Å². The van der Waals surface area contributed by atoms with E-state index in [4.69, 9.17) is 11.6 Å². The molecule has 16 heavy (non-hydrogen) atoms. The molecule has 1 unspecified atom stereocenters. The van der Waals surface area contributed by atoms with Crippen LogP contribution in [0.1, 0.15) is 26.2 Å². The molecule has 1 aliphatic heterocycles. The number of nitrogens with two attached hydrogens (primary N) is 2. The quantitative estimate of drug-likeness (QED) is 0.317. The van der Waals surface area contributed by atoms with Crippen molar-refractivity contribution in [1.82, 2.24) is 10.3 Å². The maximum atomic E-state index is 11.2. The number of primary amides is 1. The smallest absolute Gasteiger partial charge is 0.233 e. The van der Waals surface area contributed by atoms with Gasteiger partial charge in [-0.1, -0.05) is 0 Å². The number of nitrogens with one attached hydrogen (secondary N) is 1. The molecule has 92 valence electrons. The first-order valence-electron chi connectivity index (χ1n) is 5.49. The van der Waals surface area contributed by atoms with Crippen molar-refractivity contribution in [3.05, 3.63) is 0 Å². The molecular formula is C10H20N4O2. The zero-order valence-corrected chi connectivity index (χ0v) is 9.66. The van der Waals surface area contributed by atoms with Gasteiger partial charge in [-0.3, -0.25) is 15.0 Å². The highest BCUT2D eigenvalue weighted by atomic mass is 16.2. The van der Waals surface area contributed by atoms with Crippen LogP contribution in [-0.4, -0.2) is 36.3 Å². The molecule has 0 bridgehead atoms. The molecule has 6 heteroatoms. The average molecular weight is 228 g/mol. The number of hydrogen-bond donors (Lipinski definition) is 3. The van der Waals surface area contributed by atoms with E-state index in [2.05, 4.69) is 10.3 Å². The molecule has 0 spiro atoms. The standard InChI is InChI=1S/C10H20N4O2/c1-10(9(11)16)4-6-14(7-10)5-2-3-8(15)13-12/h2-7,12H2,1H3,(H2,11,16)(H,13,15). The Morgan fingerprint density at radius 1 is 1.50 bits per heavy atom. The van der Waals surface area contributed by atoms with Crippen molar-refractivity contribution in [2.24, 2.45) is 17.0 Å². The summed E-state index contributed by atoms with van der Waals surface area (Å²) in [5.74, 6) is 4.58. The van der Waals surface area contributed by atoms with Crippen molar-refractivity contribution in [3.63, 3.8) is 0 Å². The minimum absolute atomic E-state index is 0.156. The molecule has 0 aromatic carbocycles. The number of amides is 2. The summed E-state index contributed by atoms with van der Waals surface area (Å²) in [4.78, 5) is 24.3. The number of likely N-dealkylation sites (tertiary alicyclic amines) is 1. The highest BCUT2D eigenvalue weighted by molar-refractivity contribution is 5.81. The van der Waals surface area contributed by atoms with Gasteiger partial charge in [0, 0.05) is 13.0 Å². The molecule has 0 aromatic heterocycles. The molecule has 0 aliphatic carbocycles. The SMILES string of the molecule is CC1(C(N)=O)CCN(CCCC(=O)NN)C1. The minimum atomic E-state index is -0.407. The highest BCUT2D eigenvalue weighted by Crippen LogP contribution is 2.29. The van der Waals surface area contributed by atoms with Crippen LogP contribution >= 0.6 is 0 Å². The second-order valence-corrected chi connectivity index (χ2v) is 4.62. The Labute approximate surface area is 95.3 Å². The lowest BCUT2D eigenvalue weighted by molar-refractivity contribution is -0.126. The summed E-state index contributed by atoms with van der Waals surface area (Å²) in [5.41, 5.74) is 7.03. The number of hydrazine groups is 1. The molecule has 1 rings (SSSR count). The van der Waals surface area contributed by atoms with Gasteiger partial charge in [0.25, 0.3) is 0 Å². The second-order valence-electron chi connectivity index (χ2n) is 4.62. The molecule has 1 atom stereocenters. The van der Waals surface area contributed by atoms with Gasteiger partial charge >= 0.3 is 0 Å². The molecule has 6 nitrogen and oxygen atoms in total. The van der Waals surface area contributed by atoms with Gasteiger partial charge in [-0.2, -0.15) is 0 Å². The van der Waals surface area contributed by atoms with E-state index in [0.717, 1.165) is 25.9 Å². The van der Waals surface area contributed by atoms with Crippen LogP contribution in [0.5, 0.6) is 0 Å². The fourth-order valence-electron chi connectivity index (χ4n) is 1.98. The third-order valence-electron chi connectivity index (χ3n) is 3.19. The van der Waals surface area contributed by atoms with Crippen molar-refractivity contribution >= 4 is 11.8 Å². The summed E-state index contributed by atoms with van der Waals surface area (Å²) in [6, 6.07) is 0. The molecule has 0 radical (unpaired) electrons. The lowest BCUT2D eigenvalue weighted by atomic mass is 9.89. The number of rotatable bonds is 5. The Bertz CT molecular complexity index is 282. The summed E-state index contributed by atoms with van der Waals surface area (Å²) in [5, 5.41) is 0. The van der Waals surface area contributed by atoms with E-state index in [0.29, 0.717) is 13.0 Å². The first kappa shape index (κ1) is 12.9. The van der Waals surface area contributed by atoms with Gasteiger partial charge in [-0.15, -0.1) is 0 Å². The lowest BCUT2D eigenvalue weighted by Gasteiger charge is -2.20. The Morgan fingerprint density at radius 2 is 2.19 bits per heavy atom. The summed E-state index contributed by atoms with van der Waals surface area (Å²) < 4.78 is 0. The predicted molar refractivity (Wildman–Crippen MR) is 59.9 cm³/mol. The topological polar surface area (TPSA) is 101 Å². The van der Waals surface area contributed by atoms with Gasteiger partial charge in [-0.25, -0.2) is 5.84 Å². The van der Waals surface area contributed by atoms with Crippen LogP contribution < -0.4 is 17.0 Å². The number of carbonyl (C=O) groups excluding carboxylic acids is 2. The van der Waals surface area contributed by atoms with Gasteiger partial charge in [0.2, 0.25) is 11.8 Å². The van der Waals surface area contributed by atoms with Crippen LogP contribution in [0.2, 0.25) is 0 Å². The van der Waals surface area contributed by atoms with E-state index in [1.165, 1.54) is 0 Å². The van der Waals surface area contributed by atoms with Crippen LogP contribution in [-0.2, 0) is 9.59 Å². The Balaban J connectivity index is 2.27. The van der Waals surface area contributed by atoms with E-state index in [9.17, 15) is 9.59 Å². The van der Waals surface area contributed by atoms with E-state index >= 15 is 0 Å². The van der Waals surface area contributed by atoms with Crippen molar-refractivity contribution in [3.8, 4) is 0 Å². The van der Waals surface area contributed by atoms with E-state index in [-0.39, 0.29) is 11.8 Å². The molecule has 1 aliphatic rings. The van der Waals surface area contributed by atoms with Gasteiger partial charge in [-0.05, 0) is 32.9 Å². The van der Waals surface area contributed by atoms with E-state index in [1.54, 1.807) is 0 Å². The van der Waals surface area contributed by atoms with Gasteiger partial charge in [0.1, 0.15) is 0 Å². The number of carbonyl (C=O) groups is 2. The predicted octanol–water partition coefficient (Wildman–Crippen LogP) is -1.05. The van der Waals surface area contributed by atoms with Crippen molar-refractivity contribution < 1.29 is 9.59 Å². The first-order valence-corrected chi connectivity index (χ1v) is 5.49. The first-order chi connectivity index (χ1) is 7.48. The van der Waals surface area contributed by atoms with Crippen LogP contribution in [0.15, 0.2) is 0 Å². The molecule has 5 N–H and O–H groups in total. The van der Waals surface area contributed by atoms with Crippen molar-refractivity contribution in [2.45, 2.75) is 26.2 Å². The summed E-state index contributed by atoms with van der Waals surface area (Å²) in [6.07, 6.45) is 1.96. The Hall–Kier alpha value is -1.14. The molecule has 0 aromatic rings. The zero-order chi connectivity index (χ0) is 12.2. The second kappa shape index (κ2) is 5.27. The molecule has 1 heterocycles. The van der Waals surface area contributed by atoms with Crippen LogP contribution in [0.3, 0.4) is 0 Å². The fourth-order valence-corrected chi connectivity index (χ4v) is 1.98. The summed E-state index contributed by atoms with van der Waals surface area (Å²) in [6.45, 7) is 4.24. The largest absolute Gasteiger partial charge is 0.369 e. The van der Waals surface area contributed by atoms with Crippen LogP contribution in [0, 0.1) is 5.41 Å². The Kier molecular flexibility index (Phi) is 4.26. The minimum Gasteiger partial charge on any atom is -0.369 e. The monoisotopic (exact) mass is 228 g/mol. The fraction of sp³-hybridized carbons (Fsp3) is 0.800. The molecular weight excluding hydrogens is 208 g/mol.